The Morgan fingerprint density at radius 3 is 2.24 bits per heavy atom. The number of ether oxygens (including phenoxy) is 3. The summed E-state index contributed by atoms with van der Waals surface area (Å²) in [6.45, 7) is 3.29. The number of hydrogen-bond acceptors (Lipinski definition) is 4. The molecule has 0 radical (unpaired) electrons. The van der Waals surface area contributed by atoms with E-state index in [1.165, 1.54) is 5.56 Å². The van der Waals surface area contributed by atoms with Gasteiger partial charge in [-0.2, -0.15) is 0 Å². The zero-order valence-corrected chi connectivity index (χ0v) is 12.7. The van der Waals surface area contributed by atoms with Crippen LogP contribution in [0.2, 0.25) is 0 Å². The lowest BCUT2D eigenvalue weighted by molar-refractivity contribution is 0.284. The molecule has 0 saturated carbocycles. The molecule has 0 aromatic heterocycles. The van der Waals surface area contributed by atoms with Crippen molar-refractivity contribution in [2.75, 3.05) is 32.7 Å². The zero-order chi connectivity index (χ0) is 15.1. The number of para-hydroxylation sites is 1. The number of rotatable bonds is 7. The average molecular weight is 287 g/mol. The molecule has 0 aliphatic carbocycles. The van der Waals surface area contributed by atoms with Crippen molar-refractivity contribution in [3.8, 4) is 17.2 Å². The third kappa shape index (κ3) is 4.05. The first-order valence-electron chi connectivity index (χ1n) is 6.89. The lowest BCUT2D eigenvalue weighted by atomic mass is 10.2. The van der Waals surface area contributed by atoms with Crippen molar-refractivity contribution in [3.05, 3.63) is 48.0 Å². The Morgan fingerprint density at radius 2 is 1.62 bits per heavy atom. The minimum absolute atomic E-state index is 0.519. The maximum Gasteiger partial charge on any atom is 0.203 e. The highest BCUT2D eigenvalue weighted by atomic mass is 16.5. The molecule has 0 amide bonds. The molecule has 0 spiro atoms. The highest BCUT2D eigenvalue weighted by molar-refractivity contribution is 5.51. The van der Waals surface area contributed by atoms with Crippen LogP contribution >= 0.6 is 0 Å². The van der Waals surface area contributed by atoms with Gasteiger partial charge in [-0.3, -0.25) is 0 Å². The van der Waals surface area contributed by atoms with Crippen LogP contribution < -0.4 is 19.5 Å². The van der Waals surface area contributed by atoms with Gasteiger partial charge in [0, 0.05) is 12.2 Å². The van der Waals surface area contributed by atoms with Crippen molar-refractivity contribution >= 4 is 5.69 Å². The van der Waals surface area contributed by atoms with Gasteiger partial charge >= 0.3 is 0 Å². The fraction of sp³-hybridized carbons (Fsp3) is 0.294. The smallest absolute Gasteiger partial charge is 0.203 e. The SMILES string of the molecule is COc1cccc(OC)c1OCCNc1cccc(C)c1. The molecule has 0 atom stereocenters. The highest BCUT2D eigenvalue weighted by Gasteiger charge is 2.10. The number of benzene rings is 2. The van der Waals surface area contributed by atoms with Gasteiger partial charge in [0.15, 0.2) is 11.5 Å². The number of hydrogen-bond donors (Lipinski definition) is 1. The van der Waals surface area contributed by atoms with Gasteiger partial charge < -0.3 is 19.5 Å². The third-order valence-corrected chi connectivity index (χ3v) is 3.08. The molecule has 21 heavy (non-hydrogen) atoms. The third-order valence-electron chi connectivity index (χ3n) is 3.08. The summed E-state index contributed by atoms with van der Waals surface area (Å²) in [6.07, 6.45) is 0. The van der Waals surface area contributed by atoms with Crippen molar-refractivity contribution in [1.29, 1.82) is 0 Å². The van der Waals surface area contributed by atoms with E-state index in [1.54, 1.807) is 14.2 Å². The Hall–Kier alpha value is -2.36. The van der Waals surface area contributed by atoms with Crippen molar-refractivity contribution in [3.63, 3.8) is 0 Å². The Kier molecular flexibility index (Phi) is 5.32. The van der Waals surface area contributed by atoms with E-state index in [2.05, 4.69) is 24.4 Å². The summed E-state index contributed by atoms with van der Waals surface area (Å²) in [5.74, 6) is 1.98. The predicted molar refractivity (Wildman–Crippen MR) is 84.7 cm³/mol. The molecule has 4 nitrogen and oxygen atoms in total. The molecule has 2 aromatic rings. The molecule has 4 heteroatoms. The second-order valence-corrected chi connectivity index (χ2v) is 4.64. The molecule has 0 aliphatic heterocycles. The van der Waals surface area contributed by atoms with Crippen LogP contribution in [0.1, 0.15) is 5.56 Å². The quantitative estimate of drug-likeness (QED) is 0.791. The molecule has 0 heterocycles. The number of aryl methyl sites for hydroxylation is 1. The maximum absolute atomic E-state index is 5.79. The maximum atomic E-state index is 5.79. The topological polar surface area (TPSA) is 39.7 Å². The standard InChI is InChI=1S/C17H21NO3/c1-13-6-4-7-14(12-13)18-10-11-21-17-15(19-2)8-5-9-16(17)20-3/h4-9,12,18H,10-11H2,1-3H3. The molecule has 112 valence electrons. The number of methoxy groups -OCH3 is 2. The average Bonchev–Trinajstić information content (AvgIpc) is 2.51. The Labute approximate surface area is 125 Å². The van der Waals surface area contributed by atoms with Crippen LogP contribution in [0.4, 0.5) is 5.69 Å². The van der Waals surface area contributed by atoms with Gasteiger partial charge in [-0.15, -0.1) is 0 Å². The summed E-state index contributed by atoms with van der Waals surface area (Å²) in [6, 6.07) is 13.8. The van der Waals surface area contributed by atoms with Gasteiger partial charge in [-0.05, 0) is 36.8 Å². The molecule has 1 N–H and O–H groups in total. The summed E-state index contributed by atoms with van der Waals surface area (Å²) in [4.78, 5) is 0. The highest BCUT2D eigenvalue weighted by Crippen LogP contribution is 2.36. The van der Waals surface area contributed by atoms with E-state index in [4.69, 9.17) is 14.2 Å². The summed E-state index contributed by atoms with van der Waals surface area (Å²) in [5.41, 5.74) is 2.32. The summed E-state index contributed by atoms with van der Waals surface area (Å²) < 4.78 is 16.4. The Balaban J connectivity index is 1.91. The number of anilines is 1. The van der Waals surface area contributed by atoms with E-state index in [1.807, 2.05) is 30.3 Å². The Morgan fingerprint density at radius 1 is 0.952 bits per heavy atom. The van der Waals surface area contributed by atoms with E-state index >= 15 is 0 Å². The van der Waals surface area contributed by atoms with Crippen molar-refractivity contribution < 1.29 is 14.2 Å². The lowest BCUT2D eigenvalue weighted by Gasteiger charge is -2.14. The fourth-order valence-electron chi connectivity index (χ4n) is 2.06. The van der Waals surface area contributed by atoms with Crippen LogP contribution in [0.15, 0.2) is 42.5 Å². The molecular formula is C17H21NO3. The van der Waals surface area contributed by atoms with Gasteiger partial charge in [-0.1, -0.05) is 18.2 Å². The monoisotopic (exact) mass is 287 g/mol. The van der Waals surface area contributed by atoms with E-state index < -0.39 is 0 Å². The minimum Gasteiger partial charge on any atom is -0.493 e. The first kappa shape index (κ1) is 15.0. The predicted octanol–water partition coefficient (Wildman–Crippen LogP) is 3.50. The molecule has 0 aliphatic rings. The summed E-state index contributed by atoms with van der Waals surface area (Å²) in [5, 5.41) is 3.32. The normalized spacial score (nSPS) is 10.0. The van der Waals surface area contributed by atoms with E-state index in [0.717, 1.165) is 5.69 Å². The molecular weight excluding hydrogens is 266 g/mol. The van der Waals surface area contributed by atoms with Gasteiger partial charge in [0.25, 0.3) is 0 Å². The van der Waals surface area contributed by atoms with E-state index in [-0.39, 0.29) is 0 Å². The van der Waals surface area contributed by atoms with E-state index in [0.29, 0.717) is 30.4 Å². The van der Waals surface area contributed by atoms with Crippen LogP contribution in [0.5, 0.6) is 17.2 Å². The molecule has 0 saturated heterocycles. The second-order valence-electron chi connectivity index (χ2n) is 4.64. The minimum atomic E-state index is 0.519. The molecule has 0 fully saturated rings. The molecule has 2 rings (SSSR count). The van der Waals surface area contributed by atoms with Crippen LogP contribution in [0, 0.1) is 6.92 Å². The first-order chi connectivity index (χ1) is 10.2. The van der Waals surface area contributed by atoms with Crippen LogP contribution in [0.25, 0.3) is 0 Å². The molecule has 0 unspecified atom stereocenters. The number of nitrogens with one attached hydrogen (secondary N) is 1. The van der Waals surface area contributed by atoms with Crippen LogP contribution in [0.3, 0.4) is 0 Å². The van der Waals surface area contributed by atoms with E-state index in [9.17, 15) is 0 Å². The second kappa shape index (κ2) is 7.43. The summed E-state index contributed by atoms with van der Waals surface area (Å²) in [7, 11) is 3.24. The van der Waals surface area contributed by atoms with Gasteiger partial charge in [-0.25, -0.2) is 0 Å². The van der Waals surface area contributed by atoms with Crippen molar-refractivity contribution in [1.82, 2.24) is 0 Å². The molecule has 0 bridgehead atoms. The van der Waals surface area contributed by atoms with Crippen LogP contribution in [-0.4, -0.2) is 27.4 Å². The van der Waals surface area contributed by atoms with Gasteiger partial charge in [0.05, 0.1) is 14.2 Å². The van der Waals surface area contributed by atoms with Crippen molar-refractivity contribution in [2.24, 2.45) is 0 Å². The summed E-state index contributed by atoms with van der Waals surface area (Å²) >= 11 is 0. The fourth-order valence-corrected chi connectivity index (χ4v) is 2.06. The largest absolute Gasteiger partial charge is 0.493 e. The van der Waals surface area contributed by atoms with Gasteiger partial charge in [0.2, 0.25) is 5.75 Å². The molecule has 2 aromatic carbocycles. The van der Waals surface area contributed by atoms with Crippen molar-refractivity contribution in [2.45, 2.75) is 6.92 Å². The Bertz CT molecular complexity index is 562. The lowest BCUT2D eigenvalue weighted by Crippen LogP contribution is -2.12. The van der Waals surface area contributed by atoms with Gasteiger partial charge in [0.1, 0.15) is 6.61 Å². The van der Waals surface area contributed by atoms with Crippen LogP contribution in [-0.2, 0) is 0 Å². The first-order valence-corrected chi connectivity index (χ1v) is 6.89. The zero-order valence-electron chi connectivity index (χ0n) is 12.7.